The number of piperidine rings is 2. The number of likely N-dealkylation sites (tertiary alicyclic amines) is 1. The molecule has 17 heteroatoms. The average molecular weight is 795 g/mol. The number of thioether (sulfide) groups is 1. The number of aromatic nitrogens is 2. The first kappa shape index (κ1) is 37.4. The first-order valence-electron chi connectivity index (χ1n) is 18.4. The molecule has 1 atom stereocenters. The minimum Gasteiger partial charge on any atom is -0.444 e. The number of carbonyl (C=O) groups excluding carboxylic acids is 6. The Bertz CT molecular complexity index is 2340. The number of aryl methyl sites for hydroxylation is 2. The van der Waals surface area contributed by atoms with Gasteiger partial charge in [0.25, 0.3) is 17.7 Å². The molecule has 4 aromatic rings. The molecule has 4 aliphatic heterocycles. The van der Waals surface area contributed by atoms with Crippen LogP contribution in [-0.2, 0) is 38.4 Å². The molecule has 2 aromatic carbocycles. The summed E-state index contributed by atoms with van der Waals surface area (Å²) in [5.74, 6) is -0.812. The molecule has 288 valence electrons. The van der Waals surface area contributed by atoms with Crippen molar-refractivity contribution in [3.63, 3.8) is 0 Å². The first-order chi connectivity index (χ1) is 26.8. The van der Waals surface area contributed by atoms with E-state index in [4.69, 9.17) is 4.42 Å². The summed E-state index contributed by atoms with van der Waals surface area (Å²) in [6.45, 7) is 7.05. The SMILES string of the molecule is CC(C)(C)c1cnc(CSc2cnc(NC(=O)C3CCN(C(=O)c4ccc5c(c4)/N=N\c4cc6c(cc4CC5)C(=O)N(C4CCC(=O)NC4=O)C6=O)CC3)s2)o1. The van der Waals surface area contributed by atoms with Crippen LogP contribution >= 0.6 is 23.1 Å². The number of rotatable bonds is 7. The van der Waals surface area contributed by atoms with Crippen molar-refractivity contribution >= 4 is 75.0 Å². The zero-order chi connectivity index (χ0) is 39.3. The smallest absolute Gasteiger partial charge is 0.262 e. The number of oxazole rings is 1. The van der Waals surface area contributed by atoms with Gasteiger partial charge in [0.15, 0.2) is 5.13 Å². The summed E-state index contributed by atoms with van der Waals surface area (Å²) >= 11 is 2.94. The summed E-state index contributed by atoms with van der Waals surface area (Å²) in [6.07, 6.45) is 5.67. The van der Waals surface area contributed by atoms with Crippen molar-refractivity contribution in [3.05, 3.63) is 82.2 Å². The monoisotopic (exact) mass is 794 g/mol. The van der Waals surface area contributed by atoms with Crippen LogP contribution in [-0.4, -0.2) is 74.3 Å². The van der Waals surface area contributed by atoms with Crippen molar-refractivity contribution in [2.45, 2.75) is 80.7 Å². The highest BCUT2D eigenvalue weighted by Gasteiger charge is 2.45. The van der Waals surface area contributed by atoms with Gasteiger partial charge in [-0.2, -0.15) is 10.2 Å². The summed E-state index contributed by atoms with van der Waals surface area (Å²) < 4.78 is 6.81. The lowest BCUT2D eigenvalue weighted by molar-refractivity contribution is -0.136. The van der Waals surface area contributed by atoms with Crippen LogP contribution in [0.4, 0.5) is 16.5 Å². The number of carbonyl (C=O) groups is 6. The lowest BCUT2D eigenvalue weighted by Gasteiger charge is -2.31. The molecule has 0 radical (unpaired) electrons. The molecule has 8 rings (SSSR count). The van der Waals surface area contributed by atoms with Crippen LogP contribution in [0.1, 0.15) is 100 Å². The van der Waals surface area contributed by atoms with Crippen LogP contribution in [0.25, 0.3) is 0 Å². The van der Waals surface area contributed by atoms with E-state index in [-0.39, 0.29) is 47.1 Å². The summed E-state index contributed by atoms with van der Waals surface area (Å²) in [7, 11) is 0. The number of hydrogen-bond donors (Lipinski definition) is 2. The molecule has 6 amide bonds. The van der Waals surface area contributed by atoms with Gasteiger partial charge >= 0.3 is 0 Å². The summed E-state index contributed by atoms with van der Waals surface area (Å²) in [5, 5.41) is 14.6. The lowest BCUT2D eigenvalue weighted by atomic mass is 9.94. The van der Waals surface area contributed by atoms with E-state index in [0.717, 1.165) is 26.0 Å². The second-order valence-electron chi connectivity index (χ2n) is 15.2. The topological polar surface area (TPSA) is 197 Å². The number of imide groups is 2. The van der Waals surface area contributed by atoms with Gasteiger partial charge in [0.2, 0.25) is 23.6 Å². The maximum Gasteiger partial charge on any atom is 0.262 e. The fraction of sp³-hybridized carbons (Fsp3) is 0.385. The number of anilines is 1. The number of fused-ring (bicyclic) bond motifs is 3. The Morgan fingerprint density at radius 3 is 2.34 bits per heavy atom. The van der Waals surface area contributed by atoms with E-state index in [0.29, 0.717) is 72.5 Å². The van der Waals surface area contributed by atoms with E-state index in [9.17, 15) is 28.8 Å². The molecule has 15 nitrogen and oxygen atoms in total. The van der Waals surface area contributed by atoms with E-state index in [2.05, 4.69) is 51.6 Å². The van der Waals surface area contributed by atoms with Gasteiger partial charge in [-0.15, -0.1) is 11.8 Å². The van der Waals surface area contributed by atoms with E-state index in [1.165, 1.54) is 17.4 Å². The first-order valence-corrected chi connectivity index (χ1v) is 20.2. The molecule has 6 heterocycles. The van der Waals surface area contributed by atoms with Gasteiger partial charge in [-0.3, -0.25) is 39.0 Å². The van der Waals surface area contributed by atoms with E-state index < -0.39 is 29.7 Å². The minimum atomic E-state index is -1.06. The van der Waals surface area contributed by atoms with Crippen molar-refractivity contribution in [2.24, 2.45) is 16.1 Å². The molecule has 2 aromatic heterocycles. The molecule has 0 saturated carbocycles. The quantitative estimate of drug-likeness (QED) is 0.162. The van der Waals surface area contributed by atoms with Crippen LogP contribution in [0.5, 0.6) is 0 Å². The molecule has 2 fully saturated rings. The average Bonchev–Trinajstić information content (AvgIpc) is 3.90. The highest BCUT2D eigenvalue weighted by atomic mass is 32.2. The van der Waals surface area contributed by atoms with Gasteiger partial charge in [-0.1, -0.05) is 38.2 Å². The van der Waals surface area contributed by atoms with Gasteiger partial charge in [0.1, 0.15) is 11.8 Å². The Hall–Kier alpha value is -5.55. The molecule has 2 N–H and O–H groups in total. The van der Waals surface area contributed by atoms with Gasteiger partial charge in [-0.25, -0.2) is 9.97 Å². The van der Waals surface area contributed by atoms with Crippen molar-refractivity contribution in [1.82, 2.24) is 25.1 Å². The van der Waals surface area contributed by atoms with Crippen molar-refractivity contribution in [1.29, 1.82) is 0 Å². The number of azo groups is 1. The molecule has 0 spiro atoms. The molecule has 1 unspecified atom stereocenters. The highest BCUT2D eigenvalue weighted by molar-refractivity contribution is 8.00. The number of hydrogen-bond acceptors (Lipinski definition) is 13. The number of amides is 6. The predicted molar refractivity (Wildman–Crippen MR) is 205 cm³/mol. The van der Waals surface area contributed by atoms with Crippen molar-refractivity contribution < 1.29 is 33.2 Å². The maximum atomic E-state index is 13.6. The van der Waals surface area contributed by atoms with Crippen molar-refractivity contribution in [3.8, 4) is 0 Å². The van der Waals surface area contributed by atoms with Crippen molar-refractivity contribution in [2.75, 3.05) is 18.4 Å². The molecule has 56 heavy (non-hydrogen) atoms. The lowest BCUT2D eigenvalue weighted by Crippen LogP contribution is -2.54. The standard InChI is InChI=1S/C39H38N8O7S2/c1-39(2,3)29-17-40-31(54-29)19-55-32-18-41-38(56-32)43-33(49)21-10-12-46(13-11-21)35(51)23-7-5-20-4-6-22-14-24-25(16-27(22)45-44-26(20)15-23)37(53)47(36(24)52)28-8-9-30(48)42-34(28)50/h5,7,14-18,21,28H,4,6,8-13,19H2,1-3H3,(H,41,43,49)(H,42,48,50)/b45-44-. The number of thiazole rings is 1. The third kappa shape index (κ3) is 7.40. The van der Waals surface area contributed by atoms with Crippen LogP contribution in [0.2, 0.25) is 0 Å². The zero-order valence-electron chi connectivity index (χ0n) is 30.9. The van der Waals surface area contributed by atoms with E-state index in [1.807, 2.05) is 6.07 Å². The fourth-order valence-electron chi connectivity index (χ4n) is 7.20. The number of nitrogens with one attached hydrogen (secondary N) is 2. The second-order valence-corrected chi connectivity index (χ2v) is 17.5. The maximum absolute atomic E-state index is 13.6. The van der Waals surface area contributed by atoms with Gasteiger partial charge in [-0.05, 0) is 67.5 Å². The third-order valence-corrected chi connectivity index (χ3v) is 12.5. The van der Waals surface area contributed by atoms with Crippen LogP contribution in [0, 0.1) is 5.92 Å². The van der Waals surface area contributed by atoms with E-state index >= 15 is 0 Å². The Balaban J connectivity index is 0.871. The zero-order valence-corrected chi connectivity index (χ0v) is 32.6. The Morgan fingerprint density at radius 2 is 1.62 bits per heavy atom. The minimum absolute atomic E-state index is 0.0350. The van der Waals surface area contributed by atoms with Crippen LogP contribution in [0.15, 0.2) is 61.6 Å². The molecule has 0 aliphatic carbocycles. The fourth-order valence-corrected chi connectivity index (χ4v) is 8.93. The van der Waals surface area contributed by atoms with Gasteiger partial charge in [0, 0.05) is 36.4 Å². The highest BCUT2D eigenvalue weighted by Crippen LogP contribution is 2.37. The van der Waals surface area contributed by atoms with Crippen LogP contribution < -0.4 is 10.6 Å². The Kier molecular flexibility index (Phi) is 9.90. The molecule has 4 aliphatic rings. The predicted octanol–water partition coefficient (Wildman–Crippen LogP) is 6.13. The summed E-state index contributed by atoms with van der Waals surface area (Å²) in [6, 6.07) is 7.43. The van der Waals surface area contributed by atoms with Gasteiger partial charge in [0.05, 0.1) is 44.9 Å². The summed E-state index contributed by atoms with van der Waals surface area (Å²) in [5.41, 5.74) is 3.20. The molecule has 2 saturated heterocycles. The Labute approximate surface area is 329 Å². The normalized spacial score (nSPS) is 19.2. The largest absolute Gasteiger partial charge is 0.444 e. The Morgan fingerprint density at radius 1 is 0.911 bits per heavy atom. The van der Waals surface area contributed by atoms with Crippen LogP contribution in [0.3, 0.4) is 0 Å². The second kappa shape index (κ2) is 14.8. The molecule has 0 bridgehead atoms. The number of nitrogens with zero attached hydrogens (tertiary/aromatic N) is 6. The molecular weight excluding hydrogens is 757 g/mol. The van der Waals surface area contributed by atoms with Gasteiger partial charge < -0.3 is 14.6 Å². The summed E-state index contributed by atoms with van der Waals surface area (Å²) in [4.78, 5) is 89.0. The number of benzene rings is 2. The third-order valence-electron chi connectivity index (χ3n) is 10.4. The molecular formula is C39H38N8O7S2. The van der Waals surface area contributed by atoms with E-state index in [1.54, 1.807) is 47.3 Å².